The van der Waals surface area contributed by atoms with Gasteiger partial charge in [0.15, 0.2) is 0 Å². The smallest absolute Gasteiger partial charge is 0.331 e. The van der Waals surface area contributed by atoms with Crippen LogP contribution in [0.25, 0.3) is 28.4 Å². The van der Waals surface area contributed by atoms with Crippen LogP contribution >= 0.6 is 0 Å². The van der Waals surface area contributed by atoms with Crippen LogP contribution in [0.4, 0.5) is 5.69 Å². The average Bonchev–Trinajstić information content (AvgIpc) is 3.62. The standard InChI is InChI=1S/C34H35N5O4/c1-21(32(41)42)18-22-8-11-25(12-9-22)37-33(43)34(14-5-15-34)38-31(40)24-10-13-26-28(19-24)39(2)30(27-20-35-16-17-36-27)29(26)23-6-3-4-7-23/h8-13,16-20,23H,3-7,14-15H2,1-2H3,(H,37,43)(H,38,40)(H,41,42)/b21-18+. The third-order valence-corrected chi connectivity index (χ3v) is 8.95. The molecule has 2 aliphatic carbocycles. The van der Waals surface area contributed by atoms with Crippen molar-refractivity contribution in [2.45, 2.75) is 63.3 Å². The van der Waals surface area contributed by atoms with Gasteiger partial charge in [-0.15, -0.1) is 0 Å². The summed E-state index contributed by atoms with van der Waals surface area (Å²) in [5.41, 5.74) is 5.13. The van der Waals surface area contributed by atoms with Gasteiger partial charge in [-0.3, -0.25) is 19.6 Å². The van der Waals surface area contributed by atoms with Gasteiger partial charge in [0.25, 0.3) is 5.91 Å². The molecule has 4 aromatic rings. The third-order valence-electron chi connectivity index (χ3n) is 8.95. The lowest BCUT2D eigenvalue weighted by molar-refractivity contribution is -0.132. The lowest BCUT2D eigenvalue weighted by atomic mass is 9.75. The van der Waals surface area contributed by atoms with E-state index in [9.17, 15) is 14.4 Å². The van der Waals surface area contributed by atoms with E-state index in [0.717, 1.165) is 47.1 Å². The topological polar surface area (TPSA) is 126 Å². The van der Waals surface area contributed by atoms with E-state index in [4.69, 9.17) is 5.11 Å². The van der Waals surface area contributed by atoms with Gasteiger partial charge in [-0.05, 0) is 86.4 Å². The molecule has 2 saturated carbocycles. The Bertz CT molecular complexity index is 1730. The van der Waals surface area contributed by atoms with E-state index in [2.05, 4.69) is 25.2 Å². The van der Waals surface area contributed by atoms with Crippen molar-refractivity contribution in [3.05, 3.63) is 83.3 Å². The Balaban J connectivity index is 1.24. The molecule has 3 N–H and O–H groups in total. The molecular formula is C34H35N5O4. The molecule has 2 amide bonds. The normalized spacial score (nSPS) is 16.6. The lowest BCUT2D eigenvalue weighted by Crippen LogP contribution is -2.61. The molecule has 0 aliphatic heterocycles. The van der Waals surface area contributed by atoms with Crippen LogP contribution in [0.2, 0.25) is 0 Å². The number of aryl methyl sites for hydroxylation is 1. The second-order valence-corrected chi connectivity index (χ2v) is 11.7. The summed E-state index contributed by atoms with van der Waals surface area (Å²) in [4.78, 5) is 47.0. The van der Waals surface area contributed by atoms with Gasteiger partial charge in [-0.1, -0.05) is 31.0 Å². The summed E-state index contributed by atoms with van der Waals surface area (Å²) < 4.78 is 2.12. The second-order valence-electron chi connectivity index (χ2n) is 11.7. The van der Waals surface area contributed by atoms with E-state index < -0.39 is 11.5 Å². The van der Waals surface area contributed by atoms with Crippen molar-refractivity contribution in [3.8, 4) is 11.4 Å². The Morgan fingerprint density at radius 3 is 2.40 bits per heavy atom. The number of rotatable bonds is 8. The van der Waals surface area contributed by atoms with Crippen molar-refractivity contribution in [1.82, 2.24) is 19.9 Å². The summed E-state index contributed by atoms with van der Waals surface area (Å²) in [7, 11) is 2.01. The molecule has 2 heterocycles. The molecular weight excluding hydrogens is 542 g/mol. The molecule has 0 radical (unpaired) electrons. The summed E-state index contributed by atoms with van der Waals surface area (Å²) in [6, 6.07) is 12.8. The first kappa shape index (κ1) is 28.3. The van der Waals surface area contributed by atoms with Crippen LogP contribution in [-0.2, 0) is 16.6 Å². The summed E-state index contributed by atoms with van der Waals surface area (Å²) >= 11 is 0. The van der Waals surface area contributed by atoms with Crippen molar-refractivity contribution in [3.63, 3.8) is 0 Å². The maximum Gasteiger partial charge on any atom is 0.331 e. The number of fused-ring (bicyclic) bond motifs is 1. The van der Waals surface area contributed by atoms with Gasteiger partial charge < -0.3 is 20.3 Å². The van der Waals surface area contributed by atoms with Crippen LogP contribution in [0.5, 0.6) is 0 Å². The fourth-order valence-electron chi connectivity index (χ4n) is 6.42. The zero-order valence-electron chi connectivity index (χ0n) is 24.4. The SMILES string of the molecule is C/C(=C\c1ccc(NC(=O)C2(NC(=O)c3ccc4c(C5CCCC5)c(-c5cnccn5)n(C)c4c3)CCC2)cc1)C(=O)O. The molecule has 220 valence electrons. The van der Waals surface area contributed by atoms with Crippen molar-refractivity contribution in [1.29, 1.82) is 0 Å². The molecule has 2 aromatic heterocycles. The number of carbonyl (C=O) groups excluding carboxylic acids is 2. The molecule has 6 rings (SSSR count). The summed E-state index contributed by atoms with van der Waals surface area (Å²) in [6.07, 6.45) is 13.4. The Morgan fingerprint density at radius 1 is 1.02 bits per heavy atom. The summed E-state index contributed by atoms with van der Waals surface area (Å²) in [6.45, 7) is 1.53. The van der Waals surface area contributed by atoms with Gasteiger partial charge >= 0.3 is 5.97 Å². The number of nitrogens with zero attached hydrogens (tertiary/aromatic N) is 3. The van der Waals surface area contributed by atoms with Gasteiger partial charge in [0.2, 0.25) is 5.91 Å². The highest BCUT2D eigenvalue weighted by molar-refractivity contribution is 6.06. The minimum atomic E-state index is -0.988. The van der Waals surface area contributed by atoms with E-state index in [1.807, 2.05) is 25.2 Å². The second kappa shape index (κ2) is 11.5. The van der Waals surface area contributed by atoms with Crippen LogP contribution in [0, 0.1) is 0 Å². The zero-order valence-corrected chi connectivity index (χ0v) is 24.4. The number of hydrogen-bond donors (Lipinski definition) is 3. The van der Waals surface area contributed by atoms with E-state index >= 15 is 0 Å². The molecule has 9 nitrogen and oxygen atoms in total. The molecule has 43 heavy (non-hydrogen) atoms. The summed E-state index contributed by atoms with van der Waals surface area (Å²) in [5.74, 6) is -1.09. The Labute approximate surface area is 250 Å². The molecule has 2 fully saturated rings. The van der Waals surface area contributed by atoms with E-state index in [0.29, 0.717) is 30.0 Å². The number of carbonyl (C=O) groups is 3. The molecule has 9 heteroatoms. The van der Waals surface area contributed by atoms with Crippen molar-refractivity contribution in [2.75, 3.05) is 5.32 Å². The fraction of sp³-hybridized carbons (Fsp3) is 0.324. The highest BCUT2D eigenvalue weighted by Gasteiger charge is 2.45. The maximum atomic E-state index is 13.6. The minimum Gasteiger partial charge on any atom is -0.478 e. The van der Waals surface area contributed by atoms with Gasteiger partial charge in [-0.25, -0.2) is 4.79 Å². The van der Waals surface area contributed by atoms with Crippen molar-refractivity contribution < 1.29 is 19.5 Å². The van der Waals surface area contributed by atoms with Crippen LogP contribution in [-0.4, -0.2) is 43.0 Å². The Hall–Kier alpha value is -4.79. The quantitative estimate of drug-likeness (QED) is 0.218. The molecule has 0 unspecified atom stereocenters. The average molecular weight is 578 g/mol. The van der Waals surface area contributed by atoms with Crippen LogP contribution in [0.15, 0.2) is 66.6 Å². The summed E-state index contributed by atoms with van der Waals surface area (Å²) in [5, 5.41) is 16.2. The molecule has 0 atom stereocenters. The van der Waals surface area contributed by atoms with Gasteiger partial charge in [-0.2, -0.15) is 0 Å². The predicted octanol–water partition coefficient (Wildman–Crippen LogP) is 6.07. The number of aromatic nitrogens is 3. The lowest BCUT2D eigenvalue weighted by Gasteiger charge is -2.40. The number of nitrogens with one attached hydrogen (secondary N) is 2. The first-order valence-corrected chi connectivity index (χ1v) is 14.8. The first-order chi connectivity index (χ1) is 20.8. The number of aliphatic carboxylic acids is 1. The third kappa shape index (κ3) is 5.43. The number of carboxylic acid groups (broad SMARTS) is 1. The fourth-order valence-corrected chi connectivity index (χ4v) is 6.42. The monoisotopic (exact) mass is 577 g/mol. The predicted molar refractivity (Wildman–Crippen MR) is 166 cm³/mol. The van der Waals surface area contributed by atoms with E-state index in [1.165, 1.54) is 25.3 Å². The Kier molecular flexibility index (Phi) is 7.56. The first-order valence-electron chi connectivity index (χ1n) is 14.8. The molecule has 0 spiro atoms. The highest BCUT2D eigenvalue weighted by Crippen LogP contribution is 2.44. The highest BCUT2D eigenvalue weighted by atomic mass is 16.4. The van der Waals surface area contributed by atoms with E-state index in [1.54, 1.807) is 48.9 Å². The van der Waals surface area contributed by atoms with E-state index in [-0.39, 0.29) is 17.4 Å². The van der Waals surface area contributed by atoms with Crippen LogP contribution in [0.3, 0.4) is 0 Å². The maximum absolute atomic E-state index is 13.6. The number of amides is 2. The van der Waals surface area contributed by atoms with Crippen LogP contribution in [0.1, 0.15) is 79.3 Å². The van der Waals surface area contributed by atoms with Gasteiger partial charge in [0, 0.05) is 47.2 Å². The number of hydrogen-bond acceptors (Lipinski definition) is 5. The number of carboxylic acids is 1. The van der Waals surface area contributed by atoms with Crippen molar-refractivity contribution >= 4 is 40.4 Å². The largest absolute Gasteiger partial charge is 0.478 e. The number of anilines is 1. The molecule has 2 aromatic carbocycles. The van der Waals surface area contributed by atoms with Crippen LogP contribution < -0.4 is 10.6 Å². The van der Waals surface area contributed by atoms with Crippen molar-refractivity contribution in [2.24, 2.45) is 7.05 Å². The molecule has 0 bridgehead atoms. The Morgan fingerprint density at radius 2 is 1.77 bits per heavy atom. The van der Waals surface area contributed by atoms with Gasteiger partial charge in [0.1, 0.15) is 11.2 Å². The van der Waals surface area contributed by atoms with Gasteiger partial charge in [0.05, 0.1) is 11.9 Å². The minimum absolute atomic E-state index is 0.223. The molecule has 2 aliphatic rings. The number of benzene rings is 2. The molecule has 0 saturated heterocycles. The zero-order chi connectivity index (χ0) is 30.1.